The zero-order valence-corrected chi connectivity index (χ0v) is 36.7. The van der Waals surface area contributed by atoms with Crippen LogP contribution < -0.4 is 0 Å². The third-order valence-electron chi connectivity index (χ3n) is 16.9. The molecule has 0 spiro atoms. The van der Waals surface area contributed by atoms with Gasteiger partial charge in [-0.15, -0.1) is 0 Å². The minimum Gasteiger partial charge on any atom is -0.481 e. The van der Waals surface area contributed by atoms with E-state index in [1.54, 1.807) is 39.0 Å². The van der Waals surface area contributed by atoms with E-state index in [-0.39, 0.29) is 70.8 Å². The van der Waals surface area contributed by atoms with E-state index in [1.165, 1.54) is 5.57 Å². The lowest BCUT2D eigenvalue weighted by Gasteiger charge is -2.72. The number of ketones is 1. The number of likely N-dealkylation sites (N-methyl/N-ethyl adjacent to an activating group) is 1. The zero-order valence-electron chi connectivity index (χ0n) is 36.7. The summed E-state index contributed by atoms with van der Waals surface area (Å²) in [4.78, 5) is 60.5. The van der Waals surface area contributed by atoms with Crippen molar-refractivity contribution in [3.05, 3.63) is 41.2 Å². The van der Waals surface area contributed by atoms with Gasteiger partial charge in [0.1, 0.15) is 6.10 Å². The average Bonchev–Trinajstić information content (AvgIpc) is 3.43. The lowest BCUT2D eigenvalue weighted by molar-refractivity contribution is -0.235. The Labute approximate surface area is 341 Å². The van der Waals surface area contributed by atoms with Crippen LogP contribution in [0.3, 0.4) is 0 Å². The number of carbonyl (C=O) groups is 4. The topological polar surface area (TPSA) is 137 Å². The smallest absolute Gasteiger partial charge is 0.309 e. The average molecular weight is 790 g/mol. The van der Waals surface area contributed by atoms with Gasteiger partial charge < -0.3 is 19.8 Å². The third-order valence-corrected chi connectivity index (χ3v) is 16.9. The second-order valence-electron chi connectivity index (χ2n) is 21.4. The number of pyridine rings is 1. The number of aliphatic hydroxyl groups is 1. The molecule has 9 atom stereocenters. The number of rotatable bonds is 12. The van der Waals surface area contributed by atoms with Gasteiger partial charge in [0.15, 0.2) is 5.78 Å². The van der Waals surface area contributed by atoms with Crippen LogP contribution in [0.5, 0.6) is 0 Å². The lowest BCUT2D eigenvalue weighted by atomic mass is 9.33. The molecule has 0 aliphatic heterocycles. The highest BCUT2D eigenvalue weighted by atomic mass is 16.5. The molecule has 2 N–H and O–H groups in total. The van der Waals surface area contributed by atoms with Crippen molar-refractivity contribution in [1.29, 1.82) is 0 Å². The highest BCUT2D eigenvalue weighted by Crippen LogP contribution is 2.77. The van der Waals surface area contributed by atoms with Gasteiger partial charge >= 0.3 is 11.9 Å². The first-order valence-corrected chi connectivity index (χ1v) is 21.7. The number of amides is 1. The zero-order chi connectivity index (χ0) is 42.1. The number of hydrogen-bond acceptors (Lipinski definition) is 8. The van der Waals surface area contributed by atoms with E-state index in [4.69, 9.17) is 4.74 Å². The van der Waals surface area contributed by atoms with E-state index in [0.29, 0.717) is 24.8 Å². The minimum atomic E-state index is -1.18. The number of nitrogens with zero attached hydrogens (tertiary/aromatic N) is 3. The van der Waals surface area contributed by atoms with Gasteiger partial charge in [0.2, 0.25) is 5.91 Å². The van der Waals surface area contributed by atoms with E-state index in [0.717, 1.165) is 62.6 Å². The van der Waals surface area contributed by atoms with Crippen molar-refractivity contribution in [2.24, 2.45) is 56.2 Å². The number of allylic oxidation sites excluding steroid dienone is 1. The lowest BCUT2D eigenvalue weighted by Crippen LogP contribution is -2.66. The molecule has 57 heavy (non-hydrogen) atoms. The number of carbonyl (C=O) groups excluding carboxylic acids is 3. The van der Waals surface area contributed by atoms with E-state index in [9.17, 15) is 29.4 Å². The number of Topliss-reactive ketones (excluding diaryl/α,β-unsaturated/α-hetero) is 1. The number of carboxylic acid groups (broad SMARTS) is 1. The van der Waals surface area contributed by atoms with Crippen LogP contribution in [0.4, 0.5) is 0 Å². The van der Waals surface area contributed by atoms with Crippen LogP contribution in [-0.2, 0) is 30.5 Å². The summed E-state index contributed by atoms with van der Waals surface area (Å²) < 4.78 is 6.18. The molecule has 1 aromatic heterocycles. The Kier molecular flexibility index (Phi) is 11.6. The molecule has 10 nitrogen and oxygen atoms in total. The molecule has 9 unspecified atom stereocenters. The molecule has 1 amide bonds. The van der Waals surface area contributed by atoms with Crippen LogP contribution in [0.2, 0.25) is 0 Å². The van der Waals surface area contributed by atoms with E-state index >= 15 is 0 Å². The Morgan fingerprint density at radius 2 is 1.65 bits per heavy atom. The molecule has 4 saturated carbocycles. The highest BCUT2D eigenvalue weighted by Gasteiger charge is 2.71. The van der Waals surface area contributed by atoms with Gasteiger partial charge in [-0.1, -0.05) is 60.1 Å². The van der Waals surface area contributed by atoms with Gasteiger partial charge in [-0.2, -0.15) is 0 Å². The molecule has 316 valence electrons. The summed E-state index contributed by atoms with van der Waals surface area (Å²) in [5, 5.41) is 22.3. The fourth-order valence-electron chi connectivity index (χ4n) is 13.6. The van der Waals surface area contributed by atoms with Crippen molar-refractivity contribution in [1.82, 2.24) is 14.8 Å². The molecular weight excluding hydrogens is 719 g/mol. The van der Waals surface area contributed by atoms with Crippen LogP contribution in [0.1, 0.15) is 132 Å². The van der Waals surface area contributed by atoms with Crippen molar-refractivity contribution in [3.63, 3.8) is 0 Å². The maximum Gasteiger partial charge on any atom is 0.309 e. The minimum absolute atomic E-state index is 0.00669. The van der Waals surface area contributed by atoms with Crippen LogP contribution >= 0.6 is 0 Å². The van der Waals surface area contributed by atoms with Crippen molar-refractivity contribution in [2.75, 3.05) is 27.2 Å². The van der Waals surface area contributed by atoms with E-state index in [1.807, 2.05) is 23.1 Å². The van der Waals surface area contributed by atoms with E-state index in [2.05, 4.69) is 53.5 Å². The Bertz CT molecular complexity index is 1770. The second-order valence-corrected chi connectivity index (χ2v) is 21.4. The standard InChI is InChI=1S/C47H71N3O7/c1-29(2)39-32(51)24-47(35(52)27-50(28-37(53)49(10)11)26-30-14-12-13-23-48-30)22-21-45(8)31(40(39)47)15-16-34-44(7)19-18-36(57-38(54)25-42(3,4)41(55)56)43(5,6)33(44)17-20-46(34,45)9/h12-14,23,29,31,33-36,52H,15-22,24-28H2,1-11H3,(H,55,56). The molecule has 0 bridgehead atoms. The number of esters is 1. The molecule has 0 saturated heterocycles. The van der Waals surface area contributed by atoms with Crippen LogP contribution in [-0.4, -0.2) is 88.0 Å². The molecule has 0 radical (unpaired) electrons. The first-order valence-electron chi connectivity index (χ1n) is 21.7. The molecule has 10 heteroatoms. The van der Waals surface area contributed by atoms with Crippen molar-refractivity contribution in [2.45, 2.75) is 145 Å². The molecule has 5 aliphatic rings. The second kappa shape index (κ2) is 15.2. The van der Waals surface area contributed by atoms with Gasteiger partial charge in [0.25, 0.3) is 0 Å². The van der Waals surface area contributed by atoms with Gasteiger partial charge in [0.05, 0.1) is 30.2 Å². The van der Waals surface area contributed by atoms with Crippen LogP contribution in [0, 0.1) is 56.2 Å². The summed E-state index contributed by atoms with van der Waals surface area (Å²) in [7, 11) is 3.50. The molecule has 4 fully saturated rings. The summed E-state index contributed by atoms with van der Waals surface area (Å²) in [6.07, 6.45) is 8.23. The monoisotopic (exact) mass is 790 g/mol. The molecule has 1 heterocycles. The summed E-state index contributed by atoms with van der Waals surface area (Å²) in [6, 6.07) is 5.76. The Morgan fingerprint density at radius 3 is 2.26 bits per heavy atom. The molecule has 1 aromatic rings. The number of aliphatic hydroxyl groups excluding tert-OH is 1. The van der Waals surface area contributed by atoms with Crippen molar-refractivity contribution >= 4 is 23.6 Å². The van der Waals surface area contributed by atoms with Crippen molar-refractivity contribution in [3.8, 4) is 0 Å². The van der Waals surface area contributed by atoms with Crippen molar-refractivity contribution < 1.29 is 34.1 Å². The van der Waals surface area contributed by atoms with Gasteiger partial charge in [-0.3, -0.25) is 29.1 Å². The maximum atomic E-state index is 14.3. The van der Waals surface area contributed by atoms with Crippen LogP contribution in [0.15, 0.2) is 35.5 Å². The fraction of sp³-hybridized carbons (Fsp3) is 0.766. The first kappa shape index (κ1) is 43.5. The molecular formula is C47H71N3O7. The Balaban J connectivity index is 1.30. The Morgan fingerprint density at radius 1 is 0.947 bits per heavy atom. The number of ether oxygens (including phenoxy) is 1. The largest absolute Gasteiger partial charge is 0.481 e. The quantitative estimate of drug-likeness (QED) is 0.204. The summed E-state index contributed by atoms with van der Waals surface area (Å²) in [6.45, 7) is 20.3. The number of hydrogen-bond donors (Lipinski definition) is 2. The summed E-state index contributed by atoms with van der Waals surface area (Å²) in [5.41, 5.74) is 0.777. The predicted molar refractivity (Wildman–Crippen MR) is 220 cm³/mol. The number of aliphatic carboxylic acids is 1. The van der Waals surface area contributed by atoms with Gasteiger partial charge in [0, 0.05) is 50.6 Å². The Hall–Kier alpha value is -3.11. The van der Waals surface area contributed by atoms with Gasteiger partial charge in [-0.05, 0) is 123 Å². The highest BCUT2D eigenvalue weighted by molar-refractivity contribution is 6.00. The van der Waals surface area contributed by atoms with E-state index < -0.39 is 28.9 Å². The molecule has 6 rings (SSSR count). The number of fused-ring (bicyclic) bond motifs is 7. The third kappa shape index (κ3) is 7.20. The van der Waals surface area contributed by atoms with Gasteiger partial charge in [-0.25, -0.2) is 0 Å². The molecule has 0 aromatic carbocycles. The SMILES string of the molecule is CC(C)C1=C2C3CCC4C5(C)CCC(OC(=O)CC(C)(C)C(=O)O)C(C)(C)C5CCC4(C)C3(C)CCC2(C(O)CN(CC(=O)N(C)C)Cc2ccccn2)CC1=O. The van der Waals surface area contributed by atoms with Crippen LogP contribution in [0.25, 0.3) is 0 Å². The first-order chi connectivity index (χ1) is 26.4. The normalized spacial score (nSPS) is 35.2. The maximum absolute atomic E-state index is 14.3. The fourth-order valence-corrected chi connectivity index (χ4v) is 13.6. The number of aromatic nitrogens is 1. The summed E-state index contributed by atoms with van der Waals surface area (Å²) in [5.74, 6) is -0.318. The predicted octanol–water partition coefficient (Wildman–Crippen LogP) is 7.73. The molecule has 5 aliphatic carbocycles. The number of carboxylic acids is 1. The summed E-state index contributed by atoms with van der Waals surface area (Å²) >= 11 is 0.